The van der Waals surface area contributed by atoms with Crippen LogP contribution in [-0.4, -0.2) is 78.1 Å². The highest BCUT2D eigenvalue weighted by atomic mass is 32.3. The largest absolute Gasteiger partial charge is 0.384 e. The number of nitrogens with zero attached hydrogens (tertiary/aromatic N) is 3. The van der Waals surface area contributed by atoms with E-state index in [4.69, 9.17) is 4.98 Å². The van der Waals surface area contributed by atoms with Gasteiger partial charge in [0, 0.05) is 54.9 Å². The van der Waals surface area contributed by atoms with E-state index in [1.165, 1.54) is 68.6 Å². The molecule has 2 saturated heterocycles. The Labute approximate surface area is 223 Å². The molecule has 0 unspecified atom stereocenters. The number of nitrogens with one attached hydrogen (secondary N) is 1. The quantitative estimate of drug-likeness (QED) is 0.397. The Morgan fingerprint density at radius 2 is 1.68 bits per heavy atom. The summed E-state index contributed by atoms with van der Waals surface area (Å²) in [6.45, 7) is 11.9. The van der Waals surface area contributed by atoms with Crippen LogP contribution >= 0.6 is 10.0 Å². The summed E-state index contributed by atoms with van der Waals surface area (Å²) in [5, 5.41) is 4.30. The summed E-state index contributed by atoms with van der Waals surface area (Å²) < 4.78 is 14.2. The van der Waals surface area contributed by atoms with E-state index < -0.39 is 0 Å². The van der Waals surface area contributed by atoms with Crippen molar-refractivity contribution in [3.8, 4) is 11.3 Å². The van der Waals surface area contributed by atoms with Gasteiger partial charge in [0.05, 0.1) is 11.2 Å². The maximum absolute atomic E-state index is 14.2. The minimum Gasteiger partial charge on any atom is -0.384 e. The fourth-order valence-corrected chi connectivity index (χ4v) is 7.11. The molecule has 2 aliphatic heterocycles. The van der Waals surface area contributed by atoms with Crippen LogP contribution in [-0.2, 0) is 6.54 Å². The van der Waals surface area contributed by atoms with E-state index >= 15 is 0 Å². The Morgan fingerprint density at radius 3 is 2.41 bits per heavy atom. The maximum atomic E-state index is 14.2. The molecule has 0 saturated carbocycles. The van der Waals surface area contributed by atoms with E-state index in [1.807, 2.05) is 0 Å². The average molecular weight is 521 g/mol. The van der Waals surface area contributed by atoms with Crippen LogP contribution in [0.5, 0.6) is 0 Å². The Morgan fingerprint density at radius 1 is 0.946 bits per heavy atom. The van der Waals surface area contributed by atoms with Crippen LogP contribution in [0.4, 0.5) is 4.39 Å². The normalized spacial score (nSPS) is 19.5. The first-order valence-corrected chi connectivity index (χ1v) is 16.4. The molecular formula is C31H41FN4S. The smallest absolute Gasteiger partial charge is 0.123 e. The summed E-state index contributed by atoms with van der Waals surface area (Å²) in [7, 11) is -0.383. The molecule has 0 amide bonds. The van der Waals surface area contributed by atoms with E-state index in [2.05, 4.69) is 64.5 Å². The van der Waals surface area contributed by atoms with Gasteiger partial charge in [-0.1, -0.05) is 37.3 Å². The molecule has 0 aliphatic carbocycles. The van der Waals surface area contributed by atoms with Gasteiger partial charge in [-0.3, -0.25) is 4.90 Å². The number of pyridine rings is 1. The summed E-state index contributed by atoms with van der Waals surface area (Å²) >= 11 is 0. The molecule has 37 heavy (non-hydrogen) atoms. The standard InChI is InChI=1S/C31H41FN4S/c1-24(33-13-16-35-14-5-4-6-15-35)28-22-31(34-30-12-11-27(32)21-29(28)30)26-9-7-25(8-10-26)23-36-17-19-37(2,3)20-18-36/h7-12,21-22,33H,1,4-6,13-20,23H2,2-3H3. The predicted molar refractivity (Wildman–Crippen MR) is 159 cm³/mol. The number of likely N-dealkylation sites (tertiary alicyclic amines) is 1. The second-order valence-electron chi connectivity index (χ2n) is 11.2. The van der Waals surface area contributed by atoms with Gasteiger partial charge in [-0.15, -0.1) is 0 Å². The van der Waals surface area contributed by atoms with Crippen LogP contribution in [0.3, 0.4) is 0 Å². The first-order valence-electron chi connectivity index (χ1n) is 13.6. The molecule has 5 rings (SSSR count). The van der Waals surface area contributed by atoms with E-state index in [0.717, 1.165) is 53.1 Å². The highest BCUT2D eigenvalue weighted by Gasteiger charge is 2.21. The average Bonchev–Trinajstić information content (AvgIpc) is 2.90. The van der Waals surface area contributed by atoms with Crippen molar-refractivity contribution in [2.75, 3.05) is 63.3 Å². The van der Waals surface area contributed by atoms with Crippen molar-refractivity contribution in [1.29, 1.82) is 0 Å². The molecular weight excluding hydrogens is 479 g/mol. The molecule has 2 fully saturated rings. The fourth-order valence-electron chi connectivity index (χ4n) is 5.40. The lowest BCUT2D eigenvalue weighted by atomic mass is 10.0. The monoisotopic (exact) mass is 520 g/mol. The zero-order chi connectivity index (χ0) is 25.8. The predicted octanol–water partition coefficient (Wildman–Crippen LogP) is 5.97. The Bertz CT molecular complexity index is 1220. The summed E-state index contributed by atoms with van der Waals surface area (Å²) in [6, 6.07) is 15.7. The van der Waals surface area contributed by atoms with Gasteiger partial charge < -0.3 is 10.2 Å². The Kier molecular flexibility index (Phi) is 8.18. The van der Waals surface area contributed by atoms with Crippen molar-refractivity contribution in [2.45, 2.75) is 25.8 Å². The lowest BCUT2D eigenvalue weighted by Crippen LogP contribution is -2.37. The van der Waals surface area contributed by atoms with E-state index in [-0.39, 0.29) is 15.8 Å². The number of piperidine rings is 1. The zero-order valence-electron chi connectivity index (χ0n) is 22.4. The third-order valence-electron chi connectivity index (χ3n) is 7.89. The van der Waals surface area contributed by atoms with Crippen molar-refractivity contribution >= 4 is 26.6 Å². The van der Waals surface area contributed by atoms with Crippen molar-refractivity contribution in [3.63, 3.8) is 0 Å². The van der Waals surface area contributed by atoms with Gasteiger partial charge in [0.25, 0.3) is 0 Å². The minimum atomic E-state index is -0.383. The van der Waals surface area contributed by atoms with Gasteiger partial charge in [0.1, 0.15) is 5.82 Å². The first kappa shape index (κ1) is 26.2. The minimum absolute atomic E-state index is 0.253. The number of benzene rings is 2. The third-order valence-corrected chi connectivity index (χ3v) is 10.5. The molecule has 0 bridgehead atoms. The van der Waals surface area contributed by atoms with Crippen LogP contribution in [0, 0.1) is 5.82 Å². The van der Waals surface area contributed by atoms with Crippen LogP contribution in [0.1, 0.15) is 30.4 Å². The van der Waals surface area contributed by atoms with Gasteiger partial charge in [-0.05, 0) is 79.8 Å². The van der Waals surface area contributed by atoms with Crippen molar-refractivity contribution in [2.24, 2.45) is 0 Å². The molecule has 198 valence electrons. The first-order chi connectivity index (χ1) is 17.9. The van der Waals surface area contributed by atoms with Gasteiger partial charge in [-0.2, -0.15) is 0 Å². The van der Waals surface area contributed by atoms with Crippen molar-refractivity contribution in [1.82, 2.24) is 20.1 Å². The highest BCUT2D eigenvalue weighted by Crippen LogP contribution is 2.41. The number of hydrogen-bond acceptors (Lipinski definition) is 4. The second-order valence-corrected chi connectivity index (χ2v) is 15.5. The summed E-state index contributed by atoms with van der Waals surface area (Å²) in [6.07, 6.45) is 8.82. The van der Waals surface area contributed by atoms with Gasteiger partial charge in [-0.25, -0.2) is 19.4 Å². The molecule has 0 spiro atoms. The van der Waals surface area contributed by atoms with Crippen molar-refractivity contribution < 1.29 is 4.39 Å². The summed E-state index contributed by atoms with van der Waals surface area (Å²) in [5.41, 5.74) is 5.83. The lowest BCUT2D eigenvalue weighted by Gasteiger charge is -2.41. The molecule has 3 heterocycles. The third kappa shape index (κ3) is 6.73. The molecule has 2 aliphatic rings. The van der Waals surface area contributed by atoms with Crippen LogP contribution in [0.2, 0.25) is 0 Å². The molecule has 0 radical (unpaired) electrons. The van der Waals surface area contributed by atoms with E-state index in [9.17, 15) is 4.39 Å². The van der Waals surface area contributed by atoms with E-state index in [0.29, 0.717) is 0 Å². The Hall–Kier alpha value is -2.41. The second kappa shape index (κ2) is 11.5. The highest BCUT2D eigenvalue weighted by molar-refractivity contribution is 8.32. The lowest BCUT2D eigenvalue weighted by molar-refractivity contribution is 0.232. The maximum Gasteiger partial charge on any atom is 0.123 e. The molecule has 2 aromatic carbocycles. The summed E-state index contributed by atoms with van der Waals surface area (Å²) in [4.78, 5) is 9.98. The number of fused-ring (bicyclic) bond motifs is 1. The molecule has 1 aromatic heterocycles. The molecule has 6 heteroatoms. The van der Waals surface area contributed by atoms with Crippen molar-refractivity contribution in [3.05, 3.63) is 72.1 Å². The summed E-state index contributed by atoms with van der Waals surface area (Å²) in [5.74, 6) is 2.42. The van der Waals surface area contributed by atoms with Gasteiger partial charge in [0.2, 0.25) is 0 Å². The molecule has 0 atom stereocenters. The molecule has 1 N–H and O–H groups in total. The topological polar surface area (TPSA) is 31.4 Å². The SMILES string of the molecule is C=C(NCCN1CCCCC1)c1cc(-c2ccc(CN3CCS(C)(C)CC3)cc2)nc2ccc(F)cc12. The van der Waals surface area contributed by atoms with Crippen LogP contribution in [0.15, 0.2) is 55.1 Å². The molecule has 3 aromatic rings. The number of aromatic nitrogens is 1. The van der Waals surface area contributed by atoms with Gasteiger partial charge >= 0.3 is 0 Å². The van der Waals surface area contributed by atoms with E-state index in [1.54, 1.807) is 12.1 Å². The fraction of sp³-hybridized carbons (Fsp3) is 0.452. The van der Waals surface area contributed by atoms with Crippen LogP contribution in [0.25, 0.3) is 27.9 Å². The number of halogens is 1. The number of rotatable bonds is 8. The number of hydrogen-bond donors (Lipinski definition) is 1. The Balaban J connectivity index is 1.32. The molecule has 4 nitrogen and oxygen atoms in total. The van der Waals surface area contributed by atoms with Gasteiger partial charge in [0.15, 0.2) is 0 Å². The van der Waals surface area contributed by atoms with Crippen LogP contribution < -0.4 is 5.32 Å². The zero-order valence-corrected chi connectivity index (χ0v) is 23.3.